The first kappa shape index (κ1) is 15.8. The van der Waals surface area contributed by atoms with Crippen molar-refractivity contribution in [2.75, 3.05) is 11.1 Å². The summed E-state index contributed by atoms with van der Waals surface area (Å²) in [6.07, 6.45) is 0. The second-order valence-corrected chi connectivity index (χ2v) is 5.25. The Morgan fingerprint density at radius 1 is 1.05 bits per heavy atom. The van der Waals surface area contributed by atoms with Gasteiger partial charge in [-0.15, -0.1) is 0 Å². The van der Waals surface area contributed by atoms with E-state index in [1.54, 1.807) is 0 Å². The molecule has 0 saturated carbocycles. The number of rotatable bonds is 2. The second-order valence-electron chi connectivity index (χ2n) is 4.03. The number of carbonyl (C=O) groups is 1. The monoisotopic (exact) mass is 350 g/mol. The van der Waals surface area contributed by atoms with Gasteiger partial charge in [0.25, 0.3) is 5.91 Å². The molecule has 0 aliphatic rings. The molecule has 0 atom stereocenters. The van der Waals surface area contributed by atoms with Gasteiger partial charge in [-0.05, 0) is 24.3 Å². The minimum Gasteiger partial charge on any atom is -0.396 e. The van der Waals surface area contributed by atoms with E-state index >= 15 is 0 Å². The Bertz CT molecular complexity index is 738. The molecule has 0 bridgehead atoms. The third kappa shape index (κ3) is 3.20. The quantitative estimate of drug-likeness (QED) is 0.605. The lowest BCUT2D eigenvalue weighted by Gasteiger charge is -2.10. The van der Waals surface area contributed by atoms with Crippen molar-refractivity contribution in [3.05, 3.63) is 56.5 Å². The van der Waals surface area contributed by atoms with Crippen molar-refractivity contribution in [3.8, 4) is 0 Å². The van der Waals surface area contributed by atoms with Crippen LogP contribution < -0.4 is 11.1 Å². The van der Waals surface area contributed by atoms with E-state index in [1.807, 2.05) is 0 Å². The minimum absolute atomic E-state index is 0.0669. The topological polar surface area (TPSA) is 55.1 Å². The highest BCUT2D eigenvalue weighted by Gasteiger charge is 2.20. The Kier molecular flexibility index (Phi) is 4.56. The van der Waals surface area contributed by atoms with Crippen LogP contribution >= 0.6 is 34.8 Å². The predicted octanol–water partition coefficient (Wildman–Crippen LogP) is 4.76. The van der Waals surface area contributed by atoms with Gasteiger partial charge in [-0.3, -0.25) is 4.79 Å². The van der Waals surface area contributed by atoms with Crippen molar-refractivity contribution in [1.29, 1.82) is 0 Å². The van der Waals surface area contributed by atoms with Crippen LogP contribution in [0.4, 0.5) is 20.2 Å². The van der Waals surface area contributed by atoms with Crippen LogP contribution in [0.1, 0.15) is 10.4 Å². The number of anilines is 2. The van der Waals surface area contributed by atoms with Crippen molar-refractivity contribution in [3.63, 3.8) is 0 Å². The summed E-state index contributed by atoms with van der Waals surface area (Å²) in [5.74, 6) is -3.24. The van der Waals surface area contributed by atoms with Crippen LogP contribution in [-0.2, 0) is 0 Å². The predicted molar refractivity (Wildman–Crippen MR) is 80.2 cm³/mol. The maximum absolute atomic E-state index is 13.8. The van der Waals surface area contributed by atoms with Crippen LogP contribution in [0.15, 0.2) is 24.3 Å². The number of nitrogens with two attached hydrogens (primary N) is 1. The van der Waals surface area contributed by atoms with Gasteiger partial charge in [-0.2, -0.15) is 0 Å². The molecule has 2 rings (SSSR count). The number of nitrogens with one attached hydrogen (secondary N) is 1. The number of nitrogen functional groups attached to an aromatic ring is 1. The maximum Gasteiger partial charge on any atom is 0.261 e. The lowest BCUT2D eigenvalue weighted by molar-refractivity contribution is 0.101. The van der Waals surface area contributed by atoms with Crippen molar-refractivity contribution in [2.45, 2.75) is 0 Å². The normalized spacial score (nSPS) is 10.5. The minimum atomic E-state index is -1.15. The van der Waals surface area contributed by atoms with Crippen LogP contribution in [-0.4, -0.2) is 5.91 Å². The van der Waals surface area contributed by atoms with Crippen LogP contribution in [0, 0.1) is 11.6 Å². The van der Waals surface area contributed by atoms with Gasteiger partial charge in [0.2, 0.25) is 0 Å². The van der Waals surface area contributed by atoms with Gasteiger partial charge in [0.05, 0.1) is 26.4 Å². The zero-order valence-electron chi connectivity index (χ0n) is 10.2. The van der Waals surface area contributed by atoms with E-state index in [9.17, 15) is 13.6 Å². The summed E-state index contributed by atoms with van der Waals surface area (Å²) in [5.41, 5.74) is 4.22. The Morgan fingerprint density at radius 2 is 1.67 bits per heavy atom. The summed E-state index contributed by atoms with van der Waals surface area (Å²) in [6.45, 7) is 0. The molecule has 0 aliphatic heterocycles. The van der Waals surface area contributed by atoms with Crippen molar-refractivity contribution in [1.82, 2.24) is 0 Å². The van der Waals surface area contributed by atoms with E-state index in [0.29, 0.717) is 0 Å². The van der Waals surface area contributed by atoms with Crippen molar-refractivity contribution < 1.29 is 13.6 Å². The molecule has 21 heavy (non-hydrogen) atoms. The highest BCUT2D eigenvalue weighted by molar-refractivity contribution is 6.44. The third-order valence-electron chi connectivity index (χ3n) is 2.61. The Labute approximate surface area is 133 Å². The summed E-state index contributed by atoms with van der Waals surface area (Å²) in [4.78, 5) is 12.0. The maximum atomic E-state index is 13.8. The largest absolute Gasteiger partial charge is 0.396 e. The summed E-state index contributed by atoms with van der Waals surface area (Å²) in [6, 6.07) is 4.48. The zero-order valence-corrected chi connectivity index (χ0v) is 12.5. The molecule has 0 aliphatic carbocycles. The van der Waals surface area contributed by atoms with E-state index in [-0.39, 0.29) is 26.4 Å². The number of hydrogen-bond acceptors (Lipinski definition) is 2. The third-order valence-corrected chi connectivity index (χ3v) is 3.64. The summed E-state index contributed by atoms with van der Waals surface area (Å²) in [5, 5.41) is 2.64. The average Bonchev–Trinajstić information content (AvgIpc) is 2.41. The molecule has 3 nitrogen and oxygen atoms in total. The molecule has 2 aromatic carbocycles. The second kappa shape index (κ2) is 6.05. The fraction of sp³-hybridized carbons (Fsp3) is 0. The van der Waals surface area contributed by atoms with E-state index in [4.69, 9.17) is 40.5 Å². The zero-order chi connectivity index (χ0) is 15.7. The number of benzene rings is 2. The molecule has 8 heteroatoms. The van der Waals surface area contributed by atoms with Gasteiger partial charge in [0.15, 0.2) is 5.82 Å². The molecular weight excluding hydrogens is 345 g/mol. The first-order valence-electron chi connectivity index (χ1n) is 5.50. The highest BCUT2D eigenvalue weighted by Crippen LogP contribution is 2.32. The molecule has 0 spiro atoms. The fourth-order valence-electron chi connectivity index (χ4n) is 1.58. The molecule has 0 unspecified atom stereocenters. The molecule has 3 N–H and O–H groups in total. The number of halogens is 5. The lowest BCUT2D eigenvalue weighted by atomic mass is 10.1. The lowest BCUT2D eigenvalue weighted by Crippen LogP contribution is -2.17. The number of amides is 1. The Hall–Kier alpha value is -1.56. The smallest absolute Gasteiger partial charge is 0.261 e. The molecule has 0 saturated heterocycles. The average molecular weight is 352 g/mol. The van der Waals surface area contributed by atoms with Gasteiger partial charge < -0.3 is 11.1 Å². The molecule has 2 aromatic rings. The van der Waals surface area contributed by atoms with Crippen molar-refractivity contribution in [2.24, 2.45) is 0 Å². The molecule has 0 heterocycles. The summed E-state index contributed by atoms with van der Waals surface area (Å²) in [7, 11) is 0. The van der Waals surface area contributed by atoms with Crippen LogP contribution in [0.25, 0.3) is 0 Å². The number of hydrogen-bond donors (Lipinski definition) is 2. The van der Waals surface area contributed by atoms with Gasteiger partial charge >= 0.3 is 0 Å². The number of carbonyl (C=O) groups excluding carboxylic acids is 1. The van der Waals surface area contributed by atoms with Crippen LogP contribution in [0.5, 0.6) is 0 Å². The van der Waals surface area contributed by atoms with Crippen LogP contribution in [0.3, 0.4) is 0 Å². The Morgan fingerprint density at radius 3 is 2.33 bits per heavy atom. The molecule has 0 aromatic heterocycles. The molecule has 0 radical (unpaired) electrons. The van der Waals surface area contributed by atoms with E-state index < -0.39 is 23.1 Å². The fourth-order valence-corrected chi connectivity index (χ4v) is 2.17. The Balaban J connectivity index is 2.40. The molecular formula is C13H7Cl3F2N2O. The van der Waals surface area contributed by atoms with E-state index in [2.05, 4.69) is 5.32 Å². The van der Waals surface area contributed by atoms with Crippen molar-refractivity contribution >= 4 is 52.1 Å². The molecule has 0 fully saturated rings. The molecule has 1 amide bonds. The van der Waals surface area contributed by atoms with Gasteiger partial charge in [0.1, 0.15) is 11.4 Å². The summed E-state index contributed by atoms with van der Waals surface area (Å²) >= 11 is 17.4. The van der Waals surface area contributed by atoms with Gasteiger partial charge in [0, 0.05) is 0 Å². The van der Waals surface area contributed by atoms with E-state index in [0.717, 1.165) is 12.1 Å². The van der Waals surface area contributed by atoms with Crippen LogP contribution in [0.2, 0.25) is 15.1 Å². The van der Waals surface area contributed by atoms with Gasteiger partial charge in [-0.1, -0.05) is 34.8 Å². The first-order valence-corrected chi connectivity index (χ1v) is 6.64. The van der Waals surface area contributed by atoms with Gasteiger partial charge in [-0.25, -0.2) is 8.78 Å². The SMILES string of the molecule is Nc1ccc(F)c(C(=O)Nc2cc(Cl)c(Cl)cc2Cl)c1F. The summed E-state index contributed by atoms with van der Waals surface area (Å²) < 4.78 is 27.3. The highest BCUT2D eigenvalue weighted by atomic mass is 35.5. The first-order chi connectivity index (χ1) is 9.81. The molecule has 110 valence electrons. The van der Waals surface area contributed by atoms with E-state index in [1.165, 1.54) is 12.1 Å². The standard InChI is InChI=1S/C13H7Cl3F2N2O/c14-5-3-7(16)10(4-6(5)15)20-13(21)11-8(17)1-2-9(19)12(11)18/h1-4H,19H2,(H,20,21).